The Morgan fingerprint density at radius 1 is 1.23 bits per heavy atom. The lowest BCUT2D eigenvalue weighted by molar-refractivity contribution is -0.142. The molecule has 3 nitrogen and oxygen atoms in total. The molecule has 166 valence electrons. The lowest BCUT2D eigenvalue weighted by atomic mass is 9.83. The minimum atomic E-state index is -4.47. The first-order valence-electron chi connectivity index (χ1n) is 10.5. The second kappa shape index (κ2) is 8.38. The maximum atomic E-state index is 13.1. The summed E-state index contributed by atoms with van der Waals surface area (Å²) in [6, 6.07) is 11.7. The maximum absolute atomic E-state index is 13.1. The minimum Gasteiger partial charge on any atom is -0.493 e. The molecule has 4 rings (SSSR count). The van der Waals surface area contributed by atoms with Crippen molar-refractivity contribution in [3.63, 3.8) is 0 Å². The minimum absolute atomic E-state index is 0.0211. The van der Waals surface area contributed by atoms with Crippen LogP contribution >= 0.6 is 11.6 Å². The van der Waals surface area contributed by atoms with Crippen LogP contribution in [0.25, 0.3) is 0 Å². The van der Waals surface area contributed by atoms with Crippen LogP contribution in [0.2, 0.25) is 5.02 Å². The number of carboxylic acids is 1. The number of halogens is 4. The molecule has 2 aliphatic rings. The van der Waals surface area contributed by atoms with Gasteiger partial charge in [0.25, 0.3) is 0 Å². The summed E-state index contributed by atoms with van der Waals surface area (Å²) in [6.45, 7) is 2.15. The summed E-state index contributed by atoms with van der Waals surface area (Å²) < 4.78 is 45.3. The molecule has 7 heteroatoms. The SMILES string of the molecule is C[C@H](C(=O)O)C(c1cccc(OC[C@H]2C[C@@H]2c2ccc(Cl)c(C(F)(F)F)c2)c1)C1CC1. The van der Waals surface area contributed by atoms with Gasteiger partial charge in [-0.25, -0.2) is 0 Å². The van der Waals surface area contributed by atoms with Crippen LogP contribution in [0.15, 0.2) is 42.5 Å². The summed E-state index contributed by atoms with van der Waals surface area (Å²) in [7, 11) is 0. The fourth-order valence-electron chi connectivity index (χ4n) is 4.42. The van der Waals surface area contributed by atoms with Crippen LogP contribution in [-0.4, -0.2) is 17.7 Å². The molecule has 31 heavy (non-hydrogen) atoms. The Morgan fingerprint density at radius 3 is 2.61 bits per heavy atom. The van der Waals surface area contributed by atoms with Gasteiger partial charge in [-0.2, -0.15) is 13.2 Å². The summed E-state index contributed by atoms with van der Waals surface area (Å²) in [6.07, 6.45) is -1.63. The third kappa shape index (κ3) is 5.00. The molecule has 1 unspecified atom stereocenters. The molecule has 0 aliphatic heterocycles. The van der Waals surface area contributed by atoms with Crippen molar-refractivity contribution in [2.75, 3.05) is 6.61 Å². The molecule has 0 radical (unpaired) electrons. The van der Waals surface area contributed by atoms with Gasteiger partial charge in [-0.15, -0.1) is 0 Å². The second-order valence-electron chi connectivity index (χ2n) is 8.71. The van der Waals surface area contributed by atoms with Crippen LogP contribution in [0, 0.1) is 17.8 Å². The third-order valence-corrected chi connectivity index (χ3v) is 6.74. The average molecular weight is 453 g/mol. The van der Waals surface area contributed by atoms with E-state index in [-0.39, 0.29) is 22.8 Å². The Hall–Kier alpha value is -2.21. The fourth-order valence-corrected chi connectivity index (χ4v) is 4.65. The Morgan fingerprint density at radius 2 is 1.97 bits per heavy atom. The Balaban J connectivity index is 1.40. The Bertz CT molecular complexity index is 971. The van der Waals surface area contributed by atoms with Crippen LogP contribution < -0.4 is 4.74 Å². The predicted molar refractivity (Wildman–Crippen MR) is 112 cm³/mol. The summed E-state index contributed by atoms with van der Waals surface area (Å²) >= 11 is 5.71. The lowest BCUT2D eigenvalue weighted by Crippen LogP contribution is -2.20. The van der Waals surface area contributed by atoms with E-state index < -0.39 is 23.6 Å². The summed E-state index contributed by atoms with van der Waals surface area (Å²) in [4.78, 5) is 11.5. The maximum Gasteiger partial charge on any atom is 0.417 e. The van der Waals surface area contributed by atoms with Gasteiger partial charge in [0.05, 0.1) is 23.1 Å². The Kier molecular flexibility index (Phi) is 5.95. The highest BCUT2D eigenvalue weighted by atomic mass is 35.5. The summed E-state index contributed by atoms with van der Waals surface area (Å²) in [5, 5.41) is 9.17. The van der Waals surface area contributed by atoms with Gasteiger partial charge in [-0.05, 0) is 72.4 Å². The quantitative estimate of drug-likeness (QED) is 0.481. The van der Waals surface area contributed by atoms with Gasteiger partial charge in [-0.1, -0.05) is 36.7 Å². The van der Waals surface area contributed by atoms with E-state index in [2.05, 4.69) is 0 Å². The van der Waals surface area contributed by atoms with Gasteiger partial charge in [-0.3, -0.25) is 4.79 Å². The zero-order valence-corrected chi connectivity index (χ0v) is 17.8. The molecular weight excluding hydrogens is 429 g/mol. The highest BCUT2D eigenvalue weighted by Gasteiger charge is 2.41. The first-order valence-corrected chi connectivity index (χ1v) is 10.8. The summed E-state index contributed by atoms with van der Waals surface area (Å²) in [5.74, 6) is -0.0886. The topological polar surface area (TPSA) is 46.5 Å². The average Bonchev–Trinajstić information content (AvgIpc) is 3.62. The third-order valence-electron chi connectivity index (χ3n) is 6.41. The number of carbonyl (C=O) groups is 1. The normalized spacial score (nSPS) is 22.6. The molecule has 2 aromatic carbocycles. The number of hydrogen-bond donors (Lipinski definition) is 1. The molecule has 1 N–H and O–H groups in total. The van der Waals surface area contributed by atoms with Crippen LogP contribution in [0.5, 0.6) is 5.75 Å². The van der Waals surface area contributed by atoms with Crippen LogP contribution in [0.1, 0.15) is 54.7 Å². The first kappa shape index (κ1) is 22.0. The van der Waals surface area contributed by atoms with E-state index in [4.69, 9.17) is 16.3 Å². The molecular formula is C24H24ClF3O3. The molecule has 2 saturated carbocycles. The molecule has 0 aromatic heterocycles. The number of benzene rings is 2. The van der Waals surface area contributed by atoms with Crippen molar-refractivity contribution in [1.82, 2.24) is 0 Å². The first-order chi connectivity index (χ1) is 14.6. The zero-order chi connectivity index (χ0) is 22.3. The van der Waals surface area contributed by atoms with Gasteiger partial charge in [0, 0.05) is 5.92 Å². The molecule has 0 heterocycles. The number of carboxylic acid groups (broad SMARTS) is 1. The van der Waals surface area contributed by atoms with E-state index >= 15 is 0 Å². The molecule has 0 amide bonds. The van der Waals surface area contributed by atoms with Crippen LogP contribution in [0.4, 0.5) is 13.2 Å². The largest absolute Gasteiger partial charge is 0.493 e. The van der Waals surface area contributed by atoms with Gasteiger partial charge < -0.3 is 9.84 Å². The van der Waals surface area contributed by atoms with E-state index in [0.717, 1.165) is 30.9 Å². The van der Waals surface area contributed by atoms with Crippen molar-refractivity contribution < 1.29 is 27.8 Å². The molecule has 0 spiro atoms. The fraction of sp³-hybridized carbons (Fsp3) is 0.458. The lowest BCUT2D eigenvalue weighted by Gasteiger charge is -2.21. The van der Waals surface area contributed by atoms with Gasteiger partial charge >= 0.3 is 12.1 Å². The summed E-state index contributed by atoms with van der Waals surface area (Å²) in [5.41, 5.74) is 0.794. The van der Waals surface area contributed by atoms with Gasteiger partial charge in [0.15, 0.2) is 0 Å². The van der Waals surface area contributed by atoms with Gasteiger partial charge in [0.1, 0.15) is 5.75 Å². The van der Waals surface area contributed by atoms with Gasteiger partial charge in [0.2, 0.25) is 0 Å². The monoisotopic (exact) mass is 452 g/mol. The van der Waals surface area contributed by atoms with E-state index in [1.54, 1.807) is 13.0 Å². The molecule has 2 aliphatic carbocycles. The standard InChI is InChI=1S/C24H24ClF3O3/c1-13(23(29)30)22(14-5-6-14)16-3-2-4-18(9-16)31-12-17-10-19(17)15-7-8-21(25)20(11-15)24(26,27)28/h2-4,7-9,11,13-14,17,19,22H,5-6,10,12H2,1H3,(H,29,30)/t13-,17+,19+,22?/m0/s1. The van der Waals surface area contributed by atoms with E-state index in [1.807, 2.05) is 24.3 Å². The zero-order valence-electron chi connectivity index (χ0n) is 17.0. The number of ether oxygens (including phenoxy) is 1. The number of aliphatic carboxylic acids is 1. The van der Waals surface area contributed by atoms with E-state index in [1.165, 1.54) is 6.07 Å². The van der Waals surface area contributed by atoms with E-state index in [9.17, 15) is 23.1 Å². The van der Waals surface area contributed by atoms with Crippen molar-refractivity contribution in [2.24, 2.45) is 17.8 Å². The van der Waals surface area contributed by atoms with Crippen molar-refractivity contribution in [3.8, 4) is 5.75 Å². The highest BCUT2D eigenvalue weighted by molar-refractivity contribution is 6.31. The smallest absolute Gasteiger partial charge is 0.417 e. The molecule has 2 fully saturated rings. The van der Waals surface area contributed by atoms with Crippen LogP contribution in [-0.2, 0) is 11.0 Å². The van der Waals surface area contributed by atoms with Crippen molar-refractivity contribution in [3.05, 3.63) is 64.2 Å². The highest BCUT2D eigenvalue weighted by Crippen LogP contribution is 2.50. The van der Waals surface area contributed by atoms with Crippen molar-refractivity contribution in [2.45, 2.75) is 44.2 Å². The molecule has 2 aromatic rings. The van der Waals surface area contributed by atoms with Crippen molar-refractivity contribution >= 4 is 17.6 Å². The van der Waals surface area contributed by atoms with Crippen molar-refractivity contribution in [1.29, 1.82) is 0 Å². The number of hydrogen-bond acceptors (Lipinski definition) is 2. The number of rotatable bonds is 8. The molecule has 0 saturated heterocycles. The van der Waals surface area contributed by atoms with E-state index in [0.29, 0.717) is 23.8 Å². The van der Waals surface area contributed by atoms with Crippen LogP contribution in [0.3, 0.4) is 0 Å². The predicted octanol–water partition coefficient (Wildman–Crippen LogP) is 6.76. The number of alkyl halides is 3. The molecule has 0 bridgehead atoms. The molecule has 4 atom stereocenters. The Labute approximate surface area is 184 Å². The second-order valence-corrected chi connectivity index (χ2v) is 9.12.